The molecule has 0 bridgehead atoms. The number of nitrogens with one attached hydrogen (secondary N) is 1. The zero-order chi connectivity index (χ0) is 16.1. The first-order valence-corrected chi connectivity index (χ1v) is 8.56. The van der Waals surface area contributed by atoms with Gasteiger partial charge in [0.2, 0.25) is 0 Å². The second kappa shape index (κ2) is 7.80. The highest BCUT2D eigenvalue weighted by Gasteiger charge is 2.11. The zero-order valence-electron chi connectivity index (χ0n) is 12.7. The molecule has 2 rings (SSSR count). The number of halogens is 2. The molecule has 0 unspecified atom stereocenters. The van der Waals surface area contributed by atoms with Crippen LogP contribution < -0.4 is 5.32 Å². The second-order valence-electron chi connectivity index (χ2n) is 5.12. The Hall–Kier alpha value is -1.32. The molecule has 1 amide bonds. The average molecular weight is 381 g/mol. The first-order chi connectivity index (χ1) is 10.5. The van der Waals surface area contributed by atoms with E-state index in [1.165, 1.54) is 16.7 Å². The van der Waals surface area contributed by atoms with E-state index in [1.54, 1.807) is 12.1 Å². The molecule has 2 nitrogen and oxygen atoms in total. The van der Waals surface area contributed by atoms with Crippen molar-refractivity contribution >= 4 is 33.4 Å². The SMILES string of the molecule is CCc1ccc(CC)c(CNC(=O)c2cc(Br)ccc2Cl)c1. The van der Waals surface area contributed by atoms with Crippen LogP contribution >= 0.6 is 27.5 Å². The molecule has 2 aromatic carbocycles. The van der Waals surface area contributed by atoms with Gasteiger partial charge >= 0.3 is 0 Å². The summed E-state index contributed by atoms with van der Waals surface area (Å²) in [5.74, 6) is -0.157. The molecule has 0 heterocycles. The summed E-state index contributed by atoms with van der Waals surface area (Å²) in [5, 5.41) is 3.42. The van der Waals surface area contributed by atoms with Gasteiger partial charge in [-0.05, 0) is 47.7 Å². The largest absolute Gasteiger partial charge is 0.348 e. The summed E-state index contributed by atoms with van der Waals surface area (Å²) >= 11 is 9.46. The van der Waals surface area contributed by atoms with E-state index in [2.05, 4.69) is 53.3 Å². The smallest absolute Gasteiger partial charge is 0.253 e. The van der Waals surface area contributed by atoms with Crippen LogP contribution in [0.4, 0.5) is 0 Å². The highest BCUT2D eigenvalue weighted by molar-refractivity contribution is 9.10. The lowest BCUT2D eigenvalue weighted by atomic mass is 10.0. The van der Waals surface area contributed by atoms with E-state index in [9.17, 15) is 4.79 Å². The van der Waals surface area contributed by atoms with Crippen molar-refractivity contribution in [2.24, 2.45) is 0 Å². The molecular formula is C18H19BrClNO. The molecule has 0 spiro atoms. The molecule has 0 aliphatic rings. The van der Waals surface area contributed by atoms with E-state index < -0.39 is 0 Å². The number of rotatable bonds is 5. The molecule has 0 aliphatic carbocycles. The first-order valence-electron chi connectivity index (χ1n) is 7.39. The molecule has 0 radical (unpaired) electrons. The number of carbonyl (C=O) groups excluding carboxylic acids is 1. The lowest BCUT2D eigenvalue weighted by Crippen LogP contribution is -2.23. The van der Waals surface area contributed by atoms with Gasteiger partial charge in [0.15, 0.2) is 0 Å². The molecule has 22 heavy (non-hydrogen) atoms. The fraction of sp³-hybridized carbons (Fsp3) is 0.278. The molecule has 116 valence electrons. The Bertz CT molecular complexity index is 685. The summed E-state index contributed by atoms with van der Waals surface area (Å²) in [5.41, 5.74) is 4.20. The van der Waals surface area contributed by atoms with Crippen LogP contribution in [0.1, 0.15) is 40.9 Å². The van der Waals surface area contributed by atoms with Gasteiger partial charge in [-0.25, -0.2) is 0 Å². The summed E-state index contributed by atoms with van der Waals surface area (Å²) in [4.78, 5) is 12.3. The maximum absolute atomic E-state index is 12.3. The van der Waals surface area contributed by atoms with Gasteiger partial charge < -0.3 is 5.32 Å². The highest BCUT2D eigenvalue weighted by Crippen LogP contribution is 2.21. The lowest BCUT2D eigenvalue weighted by Gasteiger charge is -2.12. The monoisotopic (exact) mass is 379 g/mol. The van der Waals surface area contributed by atoms with Crippen molar-refractivity contribution in [2.45, 2.75) is 33.2 Å². The lowest BCUT2D eigenvalue weighted by molar-refractivity contribution is 0.0951. The van der Waals surface area contributed by atoms with Gasteiger partial charge in [-0.1, -0.05) is 59.6 Å². The normalized spacial score (nSPS) is 10.5. The summed E-state index contributed by atoms with van der Waals surface area (Å²) in [6.45, 7) is 4.76. The predicted molar refractivity (Wildman–Crippen MR) is 95.5 cm³/mol. The number of hydrogen-bond acceptors (Lipinski definition) is 1. The molecule has 1 N–H and O–H groups in total. The Labute approximate surface area is 145 Å². The summed E-state index contributed by atoms with van der Waals surface area (Å²) < 4.78 is 0.837. The second-order valence-corrected chi connectivity index (χ2v) is 6.44. The molecule has 0 aromatic heterocycles. The van der Waals surface area contributed by atoms with Gasteiger partial charge in [0, 0.05) is 11.0 Å². The van der Waals surface area contributed by atoms with Crippen molar-refractivity contribution < 1.29 is 4.79 Å². The van der Waals surface area contributed by atoms with E-state index in [-0.39, 0.29) is 5.91 Å². The molecule has 2 aromatic rings. The van der Waals surface area contributed by atoms with Crippen LogP contribution in [-0.2, 0) is 19.4 Å². The van der Waals surface area contributed by atoms with Crippen LogP contribution in [-0.4, -0.2) is 5.91 Å². The fourth-order valence-electron chi connectivity index (χ4n) is 2.35. The number of aryl methyl sites for hydroxylation is 2. The van der Waals surface area contributed by atoms with Crippen molar-refractivity contribution in [3.8, 4) is 0 Å². The van der Waals surface area contributed by atoms with Gasteiger partial charge in [0.1, 0.15) is 0 Å². The van der Waals surface area contributed by atoms with Crippen molar-refractivity contribution in [1.29, 1.82) is 0 Å². The summed E-state index contributed by atoms with van der Waals surface area (Å²) in [6.07, 6.45) is 1.94. The van der Waals surface area contributed by atoms with E-state index in [1.807, 2.05) is 6.07 Å². The Morgan fingerprint density at radius 3 is 2.55 bits per heavy atom. The van der Waals surface area contributed by atoms with Crippen molar-refractivity contribution in [1.82, 2.24) is 5.32 Å². The van der Waals surface area contributed by atoms with Crippen molar-refractivity contribution in [2.75, 3.05) is 0 Å². The number of benzene rings is 2. The van der Waals surface area contributed by atoms with Crippen LogP contribution in [0.3, 0.4) is 0 Å². The predicted octanol–water partition coefficient (Wildman–Crippen LogP) is 5.16. The molecule has 0 aliphatic heterocycles. The maximum Gasteiger partial charge on any atom is 0.253 e. The first kappa shape index (κ1) is 17.0. The Morgan fingerprint density at radius 1 is 1.09 bits per heavy atom. The minimum absolute atomic E-state index is 0.157. The number of carbonyl (C=O) groups is 1. The zero-order valence-corrected chi connectivity index (χ0v) is 15.1. The van der Waals surface area contributed by atoms with Crippen molar-refractivity contribution in [3.63, 3.8) is 0 Å². The third-order valence-corrected chi connectivity index (χ3v) is 4.50. The highest BCUT2D eigenvalue weighted by atomic mass is 79.9. The Kier molecular flexibility index (Phi) is 6.04. The molecule has 0 saturated heterocycles. The summed E-state index contributed by atoms with van der Waals surface area (Å²) in [6, 6.07) is 11.7. The maximum atomic E-state index is 12.3. The van der Waals surface area contributed by atoms with E-state index in [0.717, 1.165) is 17.3 Å². The third kappa shape index (κ3) is 4.11. The van der Waals surface area contributed by atoms with Gasteiger partial charge in [-0.3, -0.25) is 4.79 Å². The van der Waals surface area contributed by atoms with Crippen LogP contribution in [0.25, 0.3) is 0 Å². The molecule has 0 atom stereocenters. The Morgan fingerprint density at radius 2 is 1.86 bits per heavy atom. The van der Waals surface area contributed by atoms with Crippen LogP contribution in [0.5, 0.6) is 0 Å². The molecule has 4 heteroatoms. The van der Waals surface area contributed by atoms with Gasteiger partial charge in [-0.15, -0.1) is 0 Å². The third-order valence-electron chi connectivity index (χ3n) is 3.67. The van der Waals surface area contributed by atoms with Crippen LogP contribution in [0.15, 0.2) is 40.9 Å². The number of hydrogen-bond donors (Lipinski definition) is 1. The topological polar surface area (TPSA) is 29.1 Å². The molecule has 0 saturated carbocycles. The number of amides is 1. The van der Waals surface area contributed by atoms with Crippen molar-refractivity contribution in [3.05, 3.63) is 68.1 Å². The minimum Gasteiger partial charge on any atom is -0.348 e. The standard InChI is InChI=1S/C18H19BrClNO/c1-3-12-5-6-13(4-2)14(9-12)11-21-18(22)16-10-15(19)7-8-17(16)20/h5-10H,3-4,11H2,1-2H3,(H,21,22). The average Bonchev–Trinajstić information content (AvgIpc) is 2.54. The van der Waals surface area contributed by atoms with Gasteiger partial charge in [0.25, 0.3) is 5.91 Å². The minimum atomic E-state index is -0.157. The van der Waals surface area contributed by atoms with Crippen LogP contribution in [0, 0.1) is 0 Å². The van der Waals surface area contributed by atoms with E-state index in [4.69, 9.17) is 11.6 Å². The molecular weight excluding hydrogens is 362 g/mol. The van der Waals surface area contributed by atoms with E-state index >= 15 is 0 Å². The molecule has 0 fully saturated rings. The van der Waals surface area contributed by atoms with Gasteiger partial charge in [-0.2, -0.15) is 0 Å². The van der Waals surface area contributed by atoms with Gasteiger partial charge in [0.05, 0.1) is 10.6 Å². The quantitative estimate of drug-likeness (QED) is 0.763. The van der Waals surface area contributed by atoms with Crippen LogP contribution in [0.2, 0.25) is 5.02 Å². The van der Waals surface area contributed by atoms with E-state index in [0.29, 0.717) is 17.1 Å². The fourth-order valence-corrected chi connectivity index (χ4v) is 2.92. The Balaban J connectivity index is 2.15. The summed E-state index contributed by atoms with van der Waals surface area (Å²) in [7, 11) is 0.